The van der Waals surface area contributed by atoms with Crippen molar-refractivity contribution in [2.75, 3.05) is 5.88 Å². The van der Waals surface area contributed by atoms with Gasteiger partial charge in [0.15, 0.2) is 0 Å². The van der Waals surface area contributed by atoms with Crippen LogP contribution >= 0.6 is 11.6 Å². The first-order valence-electron chi connectivity index (χ1n) is 5.79. The monoisotopic (exact) mass is 253 g/mol. The normalized spacial score (nSPS) is 17.9. The summed E-state index contributed by atoms with van der Waals surface area (Å²) in [5.41, 5.74) is 3.27. The largest absolute Gasteiger partial charge is 0.508 e. The highest BCUT2D eigenvalue weighted by atomic mass is 35.5. The van der Waals surface area contributed by atoms with Crippen LogP contribution < -0.4 is 5.32 Å². The highest BCUT2D eigenvalue weighted by molar-refractivity contribution is 6.27. The number of hydrogen-bond acceptors (Lipinski definition) is 2. The minimum absolute atomic E-state index is 0.0535. The average molecular weight is 254 g/mol. The average Bonchev–Trinajstić information content (AvgIpc) is 2.67. The van der Waals surface area contributed by atoms with Crippen LogP contribution in [0, 0.1) is 0 Å². The van der Waals surface area contributed by atoms with Crippen molar-refractivity contribution >= 4 is 17.5 Å². The molecule has 1 atom stereocenters. The number of aromatic hydroxyl groups is 1. The second-order valence-electron chi connectivity index (χ2n) is 4.53. The second-order valence-corrected chi connectivity index (χ2v) is 4.80. The third kappa shape index (κ3) is 2.55. The highest BCUT2D eigenvalue weighted by Crippen LogP contribution is 2.36. The number of halogens is 1. The minimum Gasteiger partial charge on any atom is -0.508 e. The highest BCUT2D eigenvalue weighted by Gasteiger charge is 2.20. The zero-order valence-corrected chi connectivity index (χ0v) is 10.5. The Morgan fingerprint density at radius 3 is 3.06 bits per heavy atom. The molecule has 0 heterocycles. The van der Waals surface area contributed by atoms with Gasteiger partial charge in [0.05, 0.1) is 0 Å². The molecule has 0 bridgehead atoms. The molecular weight excluding hydrogens is 238 g/mol. The molecule has 0 saturated heterocycles. The fraction of sp³-hybridized carbons (Fsp3) is 0.462. The van der Waals surface area contributed by atoms with Gasteiger partial charge in [-0.15, -0.1) is 11.6 Å². The van der Waals surface area contributed by atoms with Crippen LogP contribution in [0.2, 0.25) is 0 Å². The van der Waals surface area contributed by atoms with Crippen LogP contribution in [0.1, 0.15) is 36.0 Å². The topological polar surface area (TPSA) is 49.3 Å². The lowest BCUT2D eigenvalue weighted by atomic mass is 10.00. The zero-order chi connectivity index (χ0) is 12.4. The fourth-order valence-electron chi connectivity index (χ4n) is 2.28. The van der Waals surface area contributed by atoms with E-state index in [9.17, 15) is 9.90 Å². The number of carbonyl (C=O) groups excluding carboxylic acids is 1. The van der Waals surface area contributed by atoms with Crippen LogP contribution in [0.3, 0.4) is 0 Å². The van der Waals surface area contributed by atoms with Crippen molar-refractivity contribution in [3.8, 4) is 5.75 Å². The third-order valence-electron chi connectivity index (χ3n) is 3.32. The van der Waals surface area contributed by atoms with Gasteiger partial charge in [-0.25, -0.2) is 0 Å². The van der Waals surface area contributed by atoms with E-state index in [4.69, 9.17) is 11.6 Å². The van der Waals surface area contributed by atoms with E-state index in [1.54, 1.807) is 0 Å². The van der Waals surface area contributed by atoms with Gasteiger partial charge < -0.3 is 10.4 Å². The molecule has 2 rings (SSSR count). The smallest absolute Gasteiger partial charge is 0.235 e. The van der Waals surface area contributed by atoms with Crippen molar-refractivity contribution in [1.82, 2.24) is 5.32 Å². The van der Waals surface area contributed by atoms with Gasteiger partial charge in [0.25, 0.3) is 0 Å². The molecule has 0 aliphatic heterocycles. The molecule has 3 nitrogen and oxygen atoms in total. The number of hydrogen-bond donors (Lipinski definition) is 2. The van der Waals surface area contributed by atoms with Gasteiger partial charge in [0, 0.05) is 12.1 Å². The number of phenols is 1. The number of benzene rings is 1. The van der Waals surface area contributed by atoms with E-state index >= 15 is 0 Å². The maximum Gasteiger partial charge on any atom is 0.235 e. The van der Waals surface area contributed by atoms with Crippen LogP contribution in [-0.2, 0) is 17.8 Å². The molecule has 1 aromatic carbocycles. The molecule has 0 aromatic heterocycles. The standard InChI is InChI=1S/C13H16ClNO2/c1-8-2-3-9-5-12(16)10(4-11(8)9)7-15-13(17)6-14/h4-5,8,16H,2-3,6-7H2,1H3,(H,15,17). The van der Waals surface area contributed by atoms with E-state index in [0.717, 1.165) is 18.4 Å². The number of phenolic OH excluding ortho intramolecular Hbond substituents is 1. The van der Waals surface area contributed by atoms with Crippen molar-refractivity contribution in [2.45, 2.75) is 32.2 Å². The molecule has 92 valence electrons. The van der Waals surface area contributed by atoms with E-state index in [1.807, 2.05) is 12.1 Å². The Morgan fingerprint density at radius 1 is 1.59 bits per heavy atom. The Kier molecular flexibility index (Phi) is 3.57. The Bertz CT molecular complexity index is 445. The van der Waals surface area contributed by atoms with Crippen molar-refractivity contribution in [3.63, 3.8) is 0 Å². The maximum absolute atomic E-state index is 11.1. The minimum atomic E-state index is -0.223. The van der Waals surface area contributed by atoms with E-state index in [1.165, 1.54) is 11.1 Å². The molecule has 0 radical (unpaired) electrons. The molecule has 1 aliphatic carbocycles. The summed E-state index contributed by atoms with van der Waals surface area (Å²) in [5, 5.41) is 12.5. The zero-order valence-electron chi connectivity index (χ0n) is 9.79. The van der Waals surface area contributed by atoms with Crippen molar-refractivity contribution in [2.24, 2.45) is 0 Å². The lowest BCUT2D eigenvalue weighted by molar-refractivity contribution is -0.118. The molecule has 1 amide bonds. The summed E-state index contributed by atoms with van der Waals surface area (Å²) in [6.45, 7) is 2.52. The van der Waals surface area contributed by atoms with Gasteiger partial charge in [0.2, 0.25) is 5.91 Å². The molecule has 0 saturated carbocycles. The number of alkyl halides is 1. The van der Waals surface area contributed by atoms with Gasteiger partial charge in [-0.05, 0) is 42.0 Å². The van der Waals surface area contributed by atoms with E-state index in [-0.39, 0.29) is 17.5 Å². The molecule has 1 aromatic rings. The summed E-state index contributed by atoms with van der Waals surface area (Å²) in [4.78, 5) is 11.1. The first-order valence-corrected chi connectivity index (χ1v) is 6.32. The summed E-state index contributed by atoms with van der Waals surface area (Å²) >= 11 is 5.40. The third-order valence-corrected chi connectivity index (χ3v) is 3.56. The Morgan fingerprint density at radius 2 is 2.35 bits per heavy atom. The van der Waals surface area contributed by atoms with Crippen molar-refractivity contribution in [3.05, 3.63) is 28.8 Å². The van der Waals surface area contributed by atoms with Gasteiger partial charge in [-0.3, -0.25) is 4.79 Å². The van der Waals surface area contributed by atoms with Crippen LogP contribution in [0.15, 0.2) is 12.1 Å². The van der Waals surface area contributed by atoms with Crippen molar-refractivity contribution in [1.29, 1.82) is 0 Å². The number of amides is 1. The van der Waals surface area contributed by atoms with Gasteiger partial charge in [-0.1, -0.05) is 6.92 Å². The summed E-state index contributed by atoms with van der Waals surface area (Å²) in [6.07, 6.45) is 2.16. The lowest BCUT2D eigenvalue weighted by Crippen LogP contribution is -2.23. The number of aryl methyl sites for hydroxylation is 1. The molecule has 4 heteroatoms. The molecule has 17 heavy (non-hydrogen) atoms. The Labute approximate surface area is 106 Å². The van der Waals surface area contributed by atoms with Crippen LogP contribution in [0.5, 0.6) is 5.75 Å². The lowest BCUT2D eigenvalue weighted by Gasteiger charge is -2.11. The second kappa shape index (κ2) is 4.96. The van der Waals surface area contributed by atoms with E-state index in [2.05, 4.69) is 12.2 Å². The van der Waals surface area contributed by atoms with Gasteiger partial charge >= 0.3 is 0 Å². The molecular formula is C13H16ClNO2. The first-order chi connectivity index (χ1) is 8.11. The summed E-state index contributed by atoms with van der Waals surface area (Å²) < 4.78 is 0. The van der Waals surface area contributed by atoms with Crippen LogP contribution in [0.25, 0.3) is 0 Å². The van der Waals surface area contributed by atoms with E-state index in [0.29, 0.717) is 12.5 Å². The molecule has 0 fully saturated rings. The maximum atomic E-state index is 11.1. The molecule has 1 unspecified atom stereocenters. The quantitative estimate of drug-likeness (QED) is 0.812. The fourth-order valence-corrected chi connectivity index (χ4v) is 2.38. The summed E-state index contributed by atoms with van der Waals surface area (Å²) in [7, 11) is 0. The Balaban J connectivity index is 2.18. The van der Waals surface area contributed by atoms with Gasteiger partial charge in [-0.2, -0.15) is 0 Å². The predicted molar refractivity (Wildman–Crippen MR) is 67.4 cm³/mol. The van der Waals surface area contributed by atoms with Crippen LogP contribution in [-0.4, -0.2) is 16.9 Å². The van der Waals surface area contributed by atoms with Gasteiger partial charge in [0.1, 0.15) is 11.6 Å². The number of nitrogens with one attached hydrogen (secondary N) is 1. The number of carbonyl (C=O) groups is 1. The number of fused-ring (bicyclic) bond motifs is 1. The predicted octanol–water partition coefficient (Wildman–Crippen LogP) is 2.30. The van der Waals surface area contributed by atoms with Crippen LogP contribution in [0.4, 0.5) is 0 Å². The first kappa shape index (κ1) is 12.2. The molecule has 2 N–H and O–H groups in total. The SMILES string of the molecule is CC1CCc2cc(O)c(CNC(=O)CCl)cc21. The summed E-state index contributed by atoms with van der Waals surface area (Å²) in [6, 6.07) is 3.82. The Hall–Kier alpha value is -1.22. The number of rotatable bonds is 3. The molecule has 1 aliphatic rings. The summed E-state index contributed by atoms with van der Waals surface area (Å²) in [5.74, 6) is 0.516. The molecule has 0 spiro atoms. The van der Waals surface area contributed by atoms with E-state index < -0.39 is 0 Å². The van der Waals surface area contributed by atoms with Crippen molar-refractivity contribution < 1.29 is 9.90 Å².